The number of carbonyl (C=O) groups is 4. The Bertz CT molecular complexity index is 1380. The Balaban J connectivity index is 2.83. The summed E-state index contributed by atoms with van der Waals surface area (Å²) in [6.45, 7) is 41.5. The zero-order chi connectivity index (χ0) is 46.8. The number of ether oxygens (including phenoxy) is 1. The van der Waals surface area contributed by atoms with E-state index in [1.165, 1.54) is 0 Å². The Labute approximate surface area is 370 Å². The van der Waals surface area contributed by atoms with Crippen LogP contribution >= 0.6 is 0 Å². The predicted octanol–water partition coefficient (Wildman–Crippen LogP) is 11.9. The van der Waals surface area contributed by atoms with Crippen molar-refractivity contribution in [2.45, 2.75) is 261 Å². The number of rotatable bonds is 23. The maximum absolute atomic E-state index is 14.4. The highest BCUT2D eigenvalue weighted by molar-refractivity contribution is 5.94. The average Bonchev–Trinajstić information content (AvgIpc) is 3.51. The molecule has 9 nitrogen and oxygen atoms in total. The SMILES string of the molecule is CN(CCC[C@](C)(NC(C)(C)C)C(=O)C(C)(C)C)C(=O)OCCCCCCC(CCCCCC[C@@]1(C(=O)C(C)(C)C)CCCN1C(C)(C)C)(NC(C)(C)C)C(=O)C(C)(C)C. The molecule has 0 aromatic rings. The third-order valence-corrected chi connectivity index (χ3v) is 12.1. The molecular weight excluding hydrogens is 749 g/mol. The highest BCUT2D eigenvalue weighted by Gasteiger charge is 2.53. The number of hydrogen-bond donors (Lipinski definition) is 2. The van der Waals surface area contributed by atoms with Gasteiger partial charge in [0.25, 0.3) is 0 Å². The van der Waals surface area contributed by atoms with Crippen LogP contribution in [0.3, 0.4) is 0 Å². The Morgan fingerprint density at radius 1 is 0.583 bits per heavy atom. The van der Waals surface area contributed by atoms with Crippen LogP contribution in [0.4, 0.5) is 4.79 Å². The van der Waals surface area contributed by atoms with Gasteiger partial charge in [0.2, 0.25) is 0 Å². The van der Waals surface area contributed by atoms with Gasteiger partial charge < -0.3 is 20.3 Å². The van der Waals surface area contributed by atoms with Crippen LogP contribution in [0.15, 0.2) is 0 Å². The van der Waals surface area contributed by atoms with Crippen LogP contribution in [-0.2, 0) is 19.1 Å². The van der Waals surface area contributed by atoms with E-state index in [0.717, 1.165) is 90.0 Å². The first-order valence-corrected chi connectivity index (χ1v) is 23.8. The number of nitrogens with zero attached hydrogens (tertiary/aromatic N) is 2. The summed E-state index contributed by atoms with van der Waals surface area (Å²) in [5, 5.41) is 7.41. The maximum Gasteiger partial charge on any atom is 0.409 e. The fourth-order valence-corrected chi connectivity index (χ4v) is 10.1. The lowest BCUT2D eigenvalue weighted by Gasteiger charge is -2.48. The number of Topliss-reactive ketones (excluding diaryl/α,β-unsaturated/α-hetero) is 3. The lowest BCUT2D eigenvalue weighted by atomic mass is 9.71. The summed E-state index contributed by atoms with van der Waals surface area (Å²) in [6.07, 6.45) is 13.0. The van der Waals surface area contributed by atoms with Crippen molar-refractivity contribution < 1.29 is 23.9 Å². The van der Waals surface area contributed by atoms with E-state index in [0.29, 0.717) is 31.8 Å². The van der Waals surface area contributed by atoms with E-state index in [4.69, 9.17) is 4.74 Å². The number of amides is 1. The van der Waals surface area contributed by atoms with Gasteiger partial charge in [0.1, 0.15) is 0 Å². The van der Waals surface area contributed by atoms with Gasteiger partial charge in [-0.3, -0.25) is 19.3 Å². The summed E-state index contributed by atoms with van der Waals surface area (Å²) in [5.41, 5.74) is -3.58. The molecule has 1 fully saturated rings. The molecule has 1 heterocycles. The Hall–Kier alpha value is -1.84. The molecule has 3 atom stereocenters. The van der Waals surface area contributed by atoms with Crippen molar-refractivity contribution in [1.82, 2.24) is 20.4 Å². The molecule has 0 bridgehead atoms. The van der Waals surface area contributed by atoms with E-state index in [1.807, 2.05) is 48.5 Å². The minimum atomic E-state index is -0.694. The lowest BCUT2D eigenvalue weighted by molar-refractivity contribution is -0.141. The predicted molar refractivity (Wildman–Crippen MR) is 253 cm³/mol. The number of ketones is 3. The smallest absolute Gasteiger partial charge is 0.409 e. The van der Waals surface area contributed by atoms with E-state index in [1.54, 1.807) is 11.9 Å². The van der Waals surface area contributed by atoms with Crippen LogP contribution in [-0.4, -0.2) is 93.2 Å². The van der Waals surface area contributed by atoms with E-state index < -0.39 is 27.4 Å². The van der Waals surface area contributed by atoms with E-state index >= 15 is 0 Å². The summed E-state index contributed by atoms with van der Waals surface area (Å²) in [5.74, 6) is 0.832. The normalized spacial score (nSPS) is 19.5. The van der Waals surface area contributed by atoms with Gasteiger partial charge in [-0.05, 0) is 127 Å². The van der Waals surface area contributed by atoms with Crippen molar-refractivity contribution in [3.63, 3.8) is 0 Å². The topological polar surface area (TPSA) is 108 Å². The molecule has 0 aliphatic carbocycles. The Morgan fingerprint density at radius 3 is 1.52 bits per heavy atom. The monoisotopic (exact) mass is 847 g/mol. The van der Waals surface area contributed by atoms with Gasteiger partial charge in [0.05, 0.1) is 23.2 Å². The van der Waals surface area contributed by atoms with Crippen LogP contribution in [0.5, 0.6) is 0 Å². The van der Waals surface area contributed by atoms with Gasteiger partial charge in [-0.15, -0.1) is 0 Å². The number of likely N-dealkylation sites (tertiary alicyclic amines) is 1. The van der Waals surface area contributed by atoms with E-state index in [-0.39, 0.29) is 39.7 Å². The van der Waals surface area contributed by atoms with Gasteiger partial charge in [-0.2, -0.15) is 0 Å². The fourth-order valence-electron chi connectivity index (χ4n) is 10.1. The third kappa shape index (κ3) is 17.7. The quantitative estimate of drug-likeness (QED) is 0.0979. The molecule has 1 unspecified atom stereocenters. The zero-order valence-electron chi connectivity index (χ0n) is 43.2. The molecule has 0 spiro atoms. The van der Waals surface area contributed by atoms with Crippen molar-refractivity contribution in [2.75, 3.05) is 26.7 Å². The molecule has 1 rings (SSSR count). The molecule has 0 aromatic heterocycles. The van der Waals surface area contributed by atoms with Crippen molar-refractivity contribution in [1.29, 1.82) is 0 Å². The Morgan fingerprint density at radius 2 is 1.07 bits per heavy atom. The molecule has 0 radical (unpaired) electrons. The molecular formula is C51H98N4O5. The summed E-state index contributed by atoms with van der Waals surface area (Å²) in [4.78, 5) is 58.8. The minimum Gasteiger partial charge on any atom is -0.449 e. The summed E-state index contributed by atoms with van der Waals surface area (Å²) >= 11 is 0. The number of nitrogens with one attached hydrogen (secondary N) is 2. The summed E-state index contributed by atoms with van der Waals surface area (Å²) in [6, 6.07) is 0. The molecule has 9 heteroatoms. The van der Waals surface area contributed by atoms with Crippen LogP contribution in [0.2, 0.25) is 0 Å². The zero-order valence-corrected chi connectivity index (χ0v) is 43.2. The van der Waals surface area contributed by atoms with Gasteiger partial charge in [0.15, 0.2) is 17.3 Å². The summed E-state index contributed by atoms with van der Waals surface area (Å²) < 4.78 is 5.66. The van der Waals surface area contributed by atoms with Crippen LogP contribution in [0.1, 0.15) is 228 Å². The largest absolute Gasteiger partial charge is 0.449 e. The molecule has 2 N–H and O–H groups in total. The van der Waals surface area contributed by atoms with Crippen LogP contribution in [0, 0.1) is 16.2 Å². The standard InChI is InChI=1S/C51H98N4O5/c1-43(2,3)39(56)49(19,52-46(10,11)12)31-29-36-54(20)42(59)60-38-28-24-23-26-33-50(53-47(13,14)15,40(57)44(4,5)6)32-25-21-22-27-34-51(41(58)45(7,8)9)35-30-37-55(51)48(16,17)18/h52-53H,21-38H2,1-20H3/t49-,50?,51-/m0/s1. The first-order chi connectivity index (χ1) is 26.9. The first kappa shape index (κ1) is 56.2. The maximum atomic E-state index is 14.4. The second-order valence-electron chi connectivity index (χ2n) is 25.1. The molecule has 352 valence electrons. The second kappa shape index (κ2) is 21.7. The van der Waals surface area contributed by atoms with Gasteiger partial charge in [-0.25, -0.2) is 4.79 Å². The highest BCUT2D eigenvalue weighted by atomic mass is 16.6. The van der Waals surface area contributed by atoms with Gasteiger partial charge in [-0.1, -0.05) is 107 Å². The van der Waals surface area contributed by atoms with Crippen LogP contribution < -0.4 is 10.6 Å². The van der Waals surface area contributed by atoms with Crippen molar-refractivity contribution in [2.24, 2.45) is 16.2 Å². The van der Waals surface area contributed by atoms with Crippen LogP contribution in [0.25, 0.3) is 0 Å². The van der Waals surface area contributed by atoms with Crippen molar-refractivity contribution in [3.05, 3.63) is 0 Å². The molecule has 1 aliphatic rings. The minimum absolute atomic E-state index is 0.0619. The molecule has 60 heavy (non-hydrogen) atoms. The van der Waals surface area contributed by atoms with Crippen molar-refractivity contribution in [3.8, 4) is 0 Å². The van der Waals surface area contributed by atoms with Gasteiger partial charge >= 0.3 is 6.09 Å². The average molecular weight is 847 g/mol. The van der Waals surface area contributed by atoms with Crippen molar-refractivity contribution >= 4 is 23.4 Å². The fraction of sp³-hybridized carbons (Fsp3) is 0.922. The molecule has 0 aromatic carbocycles. The van der Waals surface area contributed by atoms with E-state index in [2.05, 4.69) is 98.6 Å². The summed E-state index contributed by atoms with van der Waals surface area (Å²) in [7, 11) is 1.76. The number of carbonyl (C=O) groups excluding carboxylic acids is 4. The Kier molecular flexibility index (Phi) is 20.3. The molecule has 1 amide bonds. The second-order valence-corrected chi connectivity index (χ2v) is 25.1. The number of hydrogen-bond acceptors (Lipinski definition) is 8. The van der Waals surface area contributed by atoms with E-state index in [9.17, 15) is 19.2 Å². The molecule has 1 aliphatic heterocycles. The third-order valence-electron chi connectivity index (χ3n) is 12.1. The molecule has 1 saturated heterocycles. The first-order valence-electron chi connectivity index (χ1n) is 23.8. The molecule has 0 saturated carbocycles. The van der Waals surface area contributed by atoms with Gasteiger partial charge in [0, 0.05) is 46.5 Å². The highest BCUT2D eigenvalue weighted by Crippen LogP contribution is 2.44. The lowest BCUT2D eigenvalue weighted by Crippen LogP contribution is -2.61. The number of unbranched alkanes of at least 4 members (excludes halogenated alkanes) is 6.